The van der Waals surface area contributed by atoms with Gasteiger partial charge in [0, 0.05) is 11.6 Å². The molecule has 78 valence electrons. The summed E-state index contributed by atoms with van der Waals surface area (Å²) in [5, 5.41) is 0. The SMILES string of the molecule is Cc1occc1C(N)CC1CCCC1. The average Bonchev–Trinajstić information content (AvgIpc) is 2.75. The monoisotopic (exact) mass is 193 g/mol. The molecule has 14 heavy (non-hydrogen) atoms. The topological polar surface area (TPSA) is 39.2 Å². The molecule has 1 heterocycles. The molecular weight excluding hydrogens is 174 g/mol. The zero-order valence-corrected chi connectivity index (χ0v) is 8.83. The van der Waals surface area contributed by atoms with Crippen LogP contribution in [0.4, 0.5) is 0 Å². The minimum atomic E-state index is 0.178. The van der Waals surface area contributed by atoms with Crippen molar-refractivity contribution in [1.82, 2.24) is 0 Å². The molecule has 2 N–H and O–H groups in total. The lowest BCUT2D eigenvalue weighted by molar-refractivity contribution is 0.443. The lowest BCUT2D eigenvalue weighted by Crippen LogP contribution is -2.14. The van der Waals surface area contributed by atoms with Gasteiger partial charge in [-0.15, -0.1) is 0 Å². The molecular formula is C12H19NO. The van der Waals surface area contributed by atoms with E-state index in [1.807, 2.05) is 13.0 Å². The van der Waals surface area contributed by atoms with Crippen LogP contribution in [0.5, 0.6) is 0 Å². The Hall–Kier alpha value is -0.760. The quantitative estimate of drug-likeness (QED) is 0.800. The highest BCUT2D eigenvalue weighted by Crippen LogP contribution is 2.32. The maximum Gasteiger partial charge on any atom is 0.105 e. The number of rotatable bonds is 3. The van der Waals surface area contributed by atoms with Gasteiger partial charge in [0.25, 0.3) is 0 Å². The lowest BCUT2D eigenvalue weighted by atomic mass is 9.94. The minimum absolute atomic E-state index is 0.178. The summed E-state index contributed by atoms with van der Waals surface area (Å²) in [6, 6.07) is 2.19. The number of hydrogen-bond acceptors (Lipinski definition) is 2. The van der Waals surface area contributed by atoms with Gasteiger partial charge in [0.15, 0.2) is 0 Å². The van der Waals surface area contributed by atoms with Crippen LogP contribution in [0.1, 0.15) is 49.5 Å². The Kier molecular flexibility index (Phi) is 2.92. The Morgan fingerprint density at radius 2 is 2.21 bits per heavy atom. The molecule has 1 unspecified atom stereocenters. The average molecular weight is 193 g/mol. The third-order valence-corrected chi connectivity index (χ3v) is 3.36. The minimum Gasteiger partial charge on any atom is -0.469 e. The molecule has 2 heteroatoms. The van der Waals surface area contributed by atoms with E-state index in [0.29, 0.717) is 0 Å². The smallest absolute Gasteiger partial charge is 0.105 e. The van der Waals surface area contributed by atoms with Crippen LogP contribution in [0.3, 0.4) is 0 Å². The highest BCUT2D eigenvalue weighted by molar-refractivity contribution is 5.19. The highest BCUT2D eigenvalue weighted by atomic mass is 16.3. The normalized spacial score (nSPS) is 20.1. The Balaban J connectivity index is 1.95. The van der Waals surface area contributed by atoms with Crippen LogP contribution < -0.4 is 5.73 Å². The van der Waals surface area contributed by atoms with E-state index in [9.17, 15) is 0 Å². The van der Waals surface area contributed by atoms with Gasteiger partial charge in [-0.1, -0.05) is 25.7 Å². The Morgan fingerprint density at radius 3 is 2.79 bits per heavy atom. The van der Waals surface area contributed by atoms with Gasteiger partial charge in [-0.25, -0.2) is 0 Å². The summed E-state index contributed by atoms with van der Waals surface area (Å²) in [6.45, 7) is 1.99. The lowest BCUT2D eigenvalue weighted by Gasteiger charge is -2.15. The fourth-order valence-corrected chi connectivity index (χ4v) is 2.51. The van der Waals surface area contributed by atoms with Gasteiger partial charge in [0.05, 0.1) is 6.26 Å². The van der Waals surface area contributed by atoms with Crippen molar-refractivity contribution in [1.29, 1.82) is 0 Å². The molecule has 2 rings (SSSR count). The van der Waals surface area contributed by atoms with Gasteiger partial charge in [0.2, 0.25) is 0 Å². The molecule has 0 amide bonds. The van der Waals surface area contributed by atoms with Crippen molar-refractivity contribution in [2.75, 3.05) is 0 Å². The van der Waals surface area contributed by atoms with Gasteiger partial charge >= 0.3 is 0 Å². The molecule has 1 saturated carbocycles. The van der Waals surface area contributed by atoms with E-state index in [1.165, 1.54) is 31.2 Å². The first-order valence-electron chi connectivity index (χ1n) is 5.57. The summed E-state index contributed by atoms with van der Waals surface area (Å²) in [6.07, 6.45) is 8.37. The van der Waals surface area contributed by atoms with Crippen LogP contribution >= 0.6 is 0 Å². The first-order valence-corrected chi connectivity index (χ1v) is 5.57. The fourth-order valence-electron chi connectivity index (χ4n) is 2.51. The van der Waals surface area contributed by atoms with E-state index in [-0.39, 0.29) is 6.04 Å². The Bertz CT molecular complexity index is 286. The van der Waals surface area contributed by atoms with Gasteiger partial charge in [-0.2, -0.15) is 0 Å². The van der Waals surface area contributed by atoms with Crippen LogP contribution in [0.15, 0.2) is 16.7 Å². The molecule has 0 spiro atoms. The zero-order valence-electron chi connectivity index (χ0n) is 8.83. The van der Waals surface area contributed by atoms with Crippen molar-refractivity contribution >= 4 is 0 Å². The number of aryl methyl sites for hydroxylation is 1. The molecule has 0 aliphatic heterocycles. The van der Waals surface area contributed by atoms with E-state index in [1.54, 1.807) is 6.26 Å². The van der Waals surface area contributed by atoms with E-state index in [0.717, 1.165) is 18.1 Å². The van der Waals surface area contributed by atoms with Crippen LogP contribution in [-0.2, 0) is 0 Å². The van der Waals surface area contributed by atoms with E-state index >= 15 is 0 Å². The molecule has 0 radical (unpaired) electrons. The molecule has 2 nitrogen and oxygen atoms in total. The summed E-state index contributed by atoms with van der Waals surface area (Å²) < 4.78 is 5.27. The maximum absolute atomic E-state index is 6.16. The maximum atomic E-state index is 6.16. The Labute approximate surface area is 85.5 Å². The zero-order chi connectivity index (χ0) is 9.97. The van der Waals surface area contributed by atoms with Crippen molar-refractivity contribution in [3.8, 4) is 0 Å². The van der Waals surface area contributed by atoms with E-state index in [2.05, 4.69) is 0 Å². The van der Waals surface area contributed by atoms with Crippen LogP contribution in [-0.4, -0.2) is 0 Å². The van der Waals surface area contributed by atoms with Crippen molar-refractivity contribution in [3.63, 3.8) is 0 Å². The molecule has 1 aromatic rings. The number of furan rings is 1. The fraction of sp³-hybridized carbons (Fsp3) is 0.667. The molecule has 1 atom stereocenters. The highest BCUT2D eigenvalue weighted by Gasteiger charge is 2.20. The summed E-state index contributed by atoms with van der Waals surface area (Å²) in [5.74, 6) is 1.83. The summed E-state index contributed by atoms with van der Waals surface area (Å²) in [4.78, 5) is 0. The molecule has 1 fully saturated rings. The standard InChI is InChI=1S/C12H19NO/c1-9-11(6-7-14-9)12(13)8-10-4-2-3-5-10/h6-7,10,12H,2-5,8,13H2,1H3. The predicted molar refractivity (Wildman–Crippen MR) is 56.9 cm³/mol. The van der Waals surface area contributed by atoms with Gasteiger partial charge in [-0.3, -0.25) is 0 Å². The number of nitrogens with two attached hydrogens (primary N) is 1. The molecule has 0 aromatic carbocycles. The summed E-state index contributed by atoms with van der Waals surface area (Å²) in [5.41, 5.74) is 7.35. The third-order valence-electron chi connectivity index (χ3n) is 3.36. The van der Waals surface area contributed by atoms with Crippen molar-refractivity contribution in [2.45, 2.75) is 45.1 Å². The van der Waals surface area contributed by atoms with Crippen LogP contribution in [0.25, 0.3) is 0 Å². The summed E-state index contributed by atoms with van der Waals surface area (Å²) >= 11 is 0. The first kappa shape index (κ1) is 9.78. The summed E-state index contributed by atoms with van der Waals surface area (Å²) in [7, 11) is 0. The molecule has 1 aromatic heterocycles. The first-order chi connectivity index (χ1) is 6.77. The van der Waals surface area contributed by atoms with Gasteiger partial charge in [0.1, 0.15) is 5.76 Å². The number of hydrogen-bond donors (Lipinski definition) is 1. The largest absolute Gasteiger partial charge is 0.469 e. The molecule has 0 bridgehead atoms. The van der Waals surface area contributed by atoms with E-state index in [4.69, 9.17) is 10.2 Å². The van der Waals surface area contributed by atoms with Crippen molar-refractivity contribution in [3.05, 3.63) is 23.7 Å². The van der Waals surface area contributed by atoms with E-state index < -0.39 is 0 Å². The van der Waals surface area contributed by atoms with Crippen molar-refractivity contribution < 1.29 is 4.42 Å². The van der Waals surface area contributed by atoms with Gasteiger partial charge in [-0.05, 0) is 25.3 Å². The second kappa shape index (κ2) is 4.18. The van der Waals surface area contributed by atoms with Crippen molar-refractivity contribution in [2.24, 2.45) is 11.7 Å². The predicted octanol–water partition coefficient (Wildman–Crippen LogP) is 3.17. The third kappa shape index (κ3) is 2.01. The second-order valence-electron chi connectivity index (χ2n) is 4.42. The molecule has 0 saturated heterocycles. The molecule has 1 aliphatic carbocycles. The second-order valence-corrected chi connectivity index (χ2v) is 4.42. The van der Waals surface area contributed by atoms with Crippen LogP contribution in [0, 0.1) is 12.8 Å². The Morgan fingerprint density at radius 1 is 1.50 bits per heavy atom. The van der Waals surface area contributed by atoms with Gasteiger partial charge < -0.3 is 10.2 Å². The molecule has 1 aliphatic rings. The van der Waals surface area contributed by atoms with Crippen LogP contribution in [0.2, 0.25) is 0 Å².